The number of aliphatic imine (C=N–C) groups is 1. The first kappa shape index (κ1) is 59.5. The molecule has 83 heavy (non-hydrogen) atoms. The third kappa shape index (κ3) is 13.6. The van der Waals surface area contributed by atoms with E-state index in [1.807, 2.05) is 17.1 Å². The summed E-state index contributed by atoms with van der Waals surface area (Å²) in [5, 5.41) is 12.7. The Labute approximate surface area is 493 Å². The zero-order valence-electron chi connectivity index (χ0n) is 47.6. The number of thiophene rings is 2. The van der Waals surface area contributed by atoms with Crippen molar-refractivity contribution in [2.75, 3.05) is 140 Å². The first-order chi connectivity index (χ1) is 39.7. The van der Waals surface area contributed by atoms with Gasteiger partial charge in [0.05, 0.1) is 68.8 Å². The standard InChI is InChI=1S/C29H38N8O3S2.C25H31N7O2S2.CH4O3S/c1-20-23(19-34-13-15-36(16-14-34)42(2,38)39)27-28(41-20)26(32-29(33-27)35-11-9-30-10-12-35)21-6-5-7-24-22(21)18-31-37(24)25-8-3-4-17-40-25;1-17-21(16-30-10-12-32(13-11-30)36(2,33)34)23-24(35-17)22(19-5-3-4-18-14-27-15-20(18)19)28-25(29-23)31-8-6-26-7-9-31;1-5(2,3)4/h5-7,18,25,30H,3-4,8-17,19H2,1-2H3;3-5,15,26H,6-14,16H2,1-2H3;1H3,(H,2,3,4). The normalized spacial score (nSPS) is 20.0. The smallest absolute Gasteiger partial charge is 0.261 e. The lowest BCUT2D eigenvalue weighted by molar-refractivity contribution is -0.0366. The number of sulfonamides is 2. The summed E-state index contributed by atoms with van der Waals surface area (Å²) in [4.78, 5) is 37.0. The van der Waals surface area contributed by atoms with Crippen LogP contribution in [0, 0.1) is 13.8 Å². The highest BCUT2D eigenvalue weighted by atomic mass is 32.2. The third-order valence-electron chi connectivity index (χ3n) is 16.1. The van der Waals surface area contributed by atoms with Crippen molar-refractivity contribution in [3.8, 4) is 22.5 Å². The molecule has 0 radical (unpaired) electrons. The van der Waals surface area contributed by atoms with Gasteiger partial charge in [0.25, 0.3) is 10.1 Å². The van der Waals surface area contributed by atoms with Crippen molar-refractivity contribution < 1.29 is 34.5 Å². The number of piperazine rings is 4. The molecule has 13 rings (SSSR count). The Bertz CT molecular complexity index is 3870. The molecular formula is C55H73N15O8S5. The zero-order valence-corrected chi connectivity index (χ0v) is 51.7. The fourth-order valence-electron chi connectivity index (χ4n) is 11.6. The van der Waals surface area contributed by atoms with Crippen molar-refractivity contribution in [2.24, 2.45) is 4.99 Å². The summed E-state index contributed by atoms with van der Waals surface area (Å²) in [7, 11) is -9.98. The Hall–Kier alpha value is -5.21. The van der Waals surface area contributed by atoms with Gasteiger partial charge in [-0.25, -0.2) is 41.5 Å². The van der Waals surface area contributed by atoms with Crippen LogP contribution < -0.4 is 20.4 Å². The number of ether oxygens (including phenoxy) is 1. The van der Waals surface area contributed by atoms with Crippen LogP contribution in [-0.2, 0) is 54.5 Å². The van der Waals surface area contributed by atoms with Gasteiger partial charge >= 0.3 is 0 Å². The third-order valence-corrected chi connectivity index (χ3v) is 21.0. The first-order valence-electron chi connectivity index (χ1n) is 28.2. The Kier molecular flexibility index (Phi) is 17.9. The number of aromatic nitrogens is 6. The number of hydrogen-bond acceptors (Lipinski definition) is 21. The molecule has 3 N–H and O–H groups in total. The van der Waals surface area contributed by atoms with E-state index in [2.05, 4.69) is 85.5 Å². The van der Waals surface area contributed by atoms with Crippen LogP contribution in [0.4, 0.5) is 11.9 Å². The molecule has 5 saturated heterocycles. The van der Waals surface area contributed by atoms with Crippen molar-refractivity contribution in [2.45, 2.75) is 59.0 Å². The van der Waals surface area contributed by atoms with E-state index >= 15 is 0 Å². The molecule has 0 aliphatic carbocycles. The van der Waals surface area contributed by atoms with Gasteiger partial charge in [-0.2, -0.15) is 22.1 Å². The van der Waals surface area contributed by atoms with Gasteiger partial charge in [0.1, 0.15) is 0 Å². The number of nitrogens with one attached hydrogen (secondary N) is 2. The minimum atomic E-state index is -3.67. The van der Waals surface area contributed by atoms with E-state index in [0.29, 0.717) is 45.5 Å². The highest BCUT2D eigenvalue weighted by Gasteiger charge is 2.31. The number of benzene rings is 2. The molecule has 5 fully saturated rings. The van der Waals surface area contributed by atoms with Crippen LogP contribution >= 0.6 is 22.7 Å². The maximum Gasteiger partial charge on any atom is 0.261 e. The topological polar surface area (TPSA) is 257 Å². The second kappa shape index (κ2) is 25.0. The number of hydrogen-bond donors (Lipinski definition) is 3. The maximum absolute atomic E-state index is 12.1. The molecule has 0 spiro atoms. The van der Waals surface area contributed by atoms with Crippen molar-refractivity contribution >= 4 is 102 Å². The van der Waals surface area contributed by atoms with Crippen LogP contribution in [0.3, 0.4) is 0 Å². The van der Waals surface area contributed by atoms with Gasteiger partial charge in [-0.1, -0.05) is 30.3 Å². The van der Waals surface area contributed by atoms with Crippen LogP contribution in [0.5, 0.6) is 0 Å². The van der Waals surface area contributed by atoms with E-state index in [4.69, 9.17) is 34.3 Å². The summed E-state index contributed by atoms with van der Waals surface area (Å²) in [6.07, 6.45) is 10.4. The average molecular weight is 1230 g/mol. The Balaban J connectivity index is 0.000000162. The van der Waals surface area contributed by atoms with E-state index in [-0.39, 0.29) is 6.23 Å². The molecule has 11 heterocycles. The van der Waals surface area contributed by atoms with E-state index in [1.165, 1.54) is 39.0 Å². The van der Waals surface area contributed by atoms with Crippen LogP contribution in [0.25, 0.3) is 53.9 Å². The van der Waals surface area contributed by atoms with Gasteiger partial charge in [-0.15, -0.1) is 22.7 Å². The van der Waals surface area contributed by atoms with Crippen LogP contribution in [-0.4, -0.2) is 214 Å². The Morgan fingerprint density at radius 2 is 1.13 bits per heavy atom. The average Bonchev–Trinajstić information content (AvgIpc) is 4.43. The fourth-order valence-corrected chi connectivity index (χ4v) is 15.5. The number of anilines is 2. The van der Waals surface area contributed by atoms with Gasteiger partial charge in [0.15, 0.2) is 6.23 Å². The van der Waals surface area contributed by atoms with E-state index < -0.39 is 30.2 Å². The lowest BCUT2D eigenvalue weighted by Crippen LogP contribution is -2.47. The SMILES string of the molecule is CS(=O)(=O)O.Cc1sc2c(-c3cccc4c3C=NC4)nc(N3CCNCC3)nc2c1CN1CCN(S(C)(=O)=O)CC1.Cc1sc2c(-c3cccc4c3cnn4C3CCCCO3)nc(N3CCNCC3)nc2c1CN1CCN(S(C)(=O)=O)CC1. The Morgan fingerprint density at radius 3 is 1.63 bits per heavy atom. The molecule has 6 aliphatic heterocycles. The molecule has 28 heteroatoms. The summed E-state index contributed by atoms with van der Waals surface area (Å²) >= 11 is 3.51. The highest BCUT2D eigenvalue weighted by Crippen LogP contribution is 2.43. The van der Waals surface area contributed by atoms with Crippen LogP contribution in [0.1, 0.15) is 57.5 Å². The van der Waals surface area contributed by atoms with Crippen molar-refractivity contribution in [3.63, 3.8) is 0 Å². The summed E-state index contributed by atoms with van der Waals surface area (Å²) < 4.78 is 87.4. The lowest BCUT2D eigenvalue weighted by Gasteiger charge is -2.33. The maximum atomic E-state index is 12.1. The number of nitrogens with zero attached hydrogens (tertiary/aromatic N) is 13. The Morgan fingerprint density at radius 1 is 0.639 bits per heavy atom. The monoisotopic (exact) mass is 1230 g/mol. The van der Waals surface area contributed by atoms with E-state index in [0.717, 1.165) is 182 Å². The minimum Gasteiger partial charge on any atom is -0.356 e. The highest BCUT2D eigenvalue weighted by molar-refractivity contribution is 7.88. The largest absolute Gasteiger partial charge is 0.356 e. The molecule has 1 atom stereocenters. The number of fused-ring (bicyclic) bond motifs is 4. The molecule has 6 aliphatic rings. The quantitative estimate of drug-likeness (QED) is 0.147. The second-order valence-electron chi connectivity index (χ2n) is 22.0. The van der Waals surface area contributed by atoms with Gasteiger partial charge in [-0.3, -0.25) is 19.3 Å². The predicted octanol–water partition coefficient (Wildman–Crippen LogP) is 4.79. The van der Waals surface area contributed by atoms with E-state index in [9.17, 15) is 25.3 Å². The summed E-state index contributed by atoms with van der Waals surface area (Å²) in [5.74, 6) is 1.55. The molecule has 446 valence electrons. The molecule has 23 nitrogen and oxygen atoms in total. The number of aryl methyl sites for hydroxylation is 2. The molecule has 7 aromatic rings. The van der Waals surface area contributed by atoms with Crippen LogP contribution in [0.15, 0.2) is 47.6 Å². The molecule has 2 aromatic carbocycles. The lowest BCUT2D eigenvalue weighted by atomic mass is 10.00. The fraction of sp³-hybridized carbons (Fsp3) is 0.527. The van der Waals surface area contributed by atoms with Crippen molar-refractivity contribution in [1.82, 2.24) is 58.8 Å². The van der Waals surface area contributed by atoms with Gasteiger partial charge in [-0.05, 0) is 44.7 Å². The van der Waals surface area contributed by atoms with E-state index in [1.54, 1.807) is 31.3 Å². The molecular weight excluding hydrogens is 1160 g/mol. The summed E-state index contributed by atoms with van der Waals surface area (Å²) in [6, 6.07) is 12.8. The minimum absolute atomic E-state index is 0.0351. The summed E-state index contributed by atoms with van der Waals surface area (Å²) in [6.45, 7) is 19.4. The van der Waals surface area contributed by atoms with Crippen LogP contribution in [0.2, 0.25) is 0 Å². The van der Waals surface area contributed by atoms with Gasteiger partial charge in [0, 0.05) is 174 Å². The first-order valence-corrected chi connectivity index (χ1v) is 35.4. The molecule has 0 bridgehead atoms. The zero-order chi connectivity index (χ0) is 58.2. The van der Waals surface area contributed by atoms with Gasteiger partial charge < -0.3 is 25.2 Å². The molecule has 1 unspecified atom stereocenters. The molecule has 5 aromatic heterocycles. The second-order valence-corrected chi connectivity index (χ2v) is 29.8. The molecule has 0 saturated carbocycles. The summed E-state index contributed by atoms with van der Waals surface area (Å²) in [5.41, 5.74) is 12.0. The van der Waals surface area contributed by atoms with Gasteiger partial charge in [0.2, 0.25) is 31.9 Å². The predicted molar refractivity (Wildman–Crippen MR) is 330 cm³/mol. The molecule has 0 amide bonds. The van der Waals surface area contributed by atoms with Crippen molar-refractivity contribution in [3.05, 3.63) is 74.6 Å². The van der Waals surface area contributed by atoms with Crippen molar-refractivity contribution in [1.29, 1.82) is 0 Å². The number of rotatable bonds is 11.